The zero-order valence-electron chi connectivity index (χ0n) is 10.0. The molecule has 0 fully saturated rings. The molecule has 0 bridgehead atoms. The Labute approximate surface area is 103 Å². The molecule has 18 heavy (non-hydrogen) atoms. The Kier molecular flexibility index (Phi) is 2.52. The Hall–Kier alpha value is -1.95. The average Bonchev–Trinajstić information content (AvgIpc) is 2.73. The van der Waals surface area contributed by atoms with Crippen LogP contribution in [-0.2, 0) is 24.2 Å². The molecule has 0 unspecified atom stereocenters. The van der Waals surface area contributed by atoms with E-state index in [2.05, 4.69) is 9.97 Å². The fourth-order valence-electron chi connectivity index (χ4n) is 2.25. The highest BCUT2D eigenvalue weighted by Crippen LogP contribution is 2.19. The van der Waals surface area contributed by atoms with Gasteiger partial charge in [-0.25, -0.2) is 14.8 Å². The molecular weight excluding hydrogens is 234 g/mol. The molecule has 1 aliphatic heterocycles. The van der Waals surface area contributed by atoms with Crippen LogP contribution in [0.25, 0.3) is 5.78 Å². The molecule has 0 aliphatic carbocycles. The summed E-state index contributed by atoms with van der Waals surface area (Å²) in [6.07, 6.45) is 3.17. The third-order valence-electron chi connectivity index (χ3n) is 3.15. The van der Waals surface area contributed by atoms with Crippen molar-refractivity contribution < 1.29 is 14.6 Å². The van der Waals surface area contributed by atoms with Gasteiger partial charge in [-0.2, -0.15) is 0 Å². The Morgan fingerprint density at radius 1 is 1.56 bits per heavy atom. The molecule has 94 valence electrons. The second-order valence-electron chi connectivity index (χ2n) is 4.25. The van der Waals surface area contributed by atoms with Gasteiger partial charge >= 0.3 is 5.97 Å². The first-order valence-corrected chi connectivity index (χ1v) is 5.91. The van der Waals surface area contributed by atoms with Crippen LogP contribution in [0.15, 0.2) is 6.20 Å². The van der Waals surface area contributed by atoms with E-state index in [1.807, 2.05) is 13.1 Å². The number of hydrogen-bond donors (Lipinski definition) is 1. The number of carboxylic acid groups (broad SMARTS) is 1. The number of carboxylic acids is 1. The highest BCUT2D eigenvalue weighted by atomic mass is 16.5. The molecule has 0 spiro atoms. The molecule has 3 heterocycles. The van der Waals surface area contributed by atoms with Crippen molar-refractivity contribution in [2.24, 2.45) is 0 Å². The summed E-state index contributed by atoms with van der Waals surface area (Å²) >= 11 is 0. The first-order chi connectivity index (χ1) is 8.70. The maximum atomic E-state index is 11.3. The Morgan fingerprint density at radius 2 is 2.39 bits per heavy atom. The van der Waals surface area contributed by atoms with E-state index in [1.165, 1.54) is 0 Å². The van der Waals surface area contributed by atoms with Crippen molar-refractivity contribution in [3.8, 4) is 0 Å². The van der Waals surface area contributed by atoms with Gasteiger partial charge in [0.05, 0.1) is 24.6 Å². The molecule has 6 nitrogen and oxygen atoms in total. The maximum absolute atomic E-state index is 11.3. The number of aromatic carboxylic acids is 1. The lowest BCUT2D eigenvalue weighted by Gasteiger charge is -2.15. The Bertz CT molecular complexity index is 633. The van der Waals surface area contributed by atoms with Crippen LogP contribution in [0.1, 0.15) is 34.4 Å². The van der Waals surface area contributed by atoms with Gasteiger partial charge in [0.15, 0.2) is 5.69 Å². The first-order valence-electron chi connectivity index (χ1n) is 5.91. The van der Waals surface area contributed by atoms with Crippen LogP contribution in [0.3, 0.4) is 0 Å². The van der Waals surface area contributed by atoms with Gasteiger partial charge in [-0.15, -0.1) is 0 Å². The SMILES string of the molecule is CCc1nc2nc3c(cn2c1C(=O)O)CCOC3. The lowest BCUT2D eigenvalue weighted by atomic mass is 10.1. The van der Waals surface area contributed by atoms with E-state index in [9.17, 15) is 9.90 Å². The number of carbonyl (C=O) groups is 1. The molecule has 0 atom stereocenters. The predicted molar refractivity (Wildman–Crippen MR) is 62.7 cm³/mol. The smallest absolute Gasteiger partial charge is 0.354 e. The molecule has 6 heteroatoms. The van der Waals surface area contributed by atoms with Crippen molar-refractivity contribution in [1.29, 1.82) is 0 Å². The monoisotopic (exact) mass is 247 g/mol. The molecule has 0 saturated heterocycles. The normalized spacial score (nSPS) is 14.7. The van der Waals surface area contributed by atoms with Crippen LogP contribution in [0, 0.1) is 0 Å². The van der Waals surface area contributed by atoms with Gasteiger partial charge in [0.2, 0.25) is 5.78 Å². The van der Waals surface area contributed by atoms with Gasteiger partial charge in [0, 0.05) is 6.20 Å². The first kappa shape index (κ1) is 11.2. The molecule has 2 aromatic rings. The Morgan fingerprint density at radius 3 is 3.11 bits per heavy atom. The molecule has 1 N–H and O–H groups in total. The number of nitrogens with zero attached hydrogens (tertiary/aromatic N) is 3. The van der Waals surface area contributed by atoms with E-state index < -0.39 is 5.97 Å². The molecule has 3 rings (SSSR count). The summed E-state index contributed by atoms with van der Waals surface area (Å²) in [6.45, 7) is 3.01. The molecule has 0 aromatic carbocycles. The molecular formula is C12H13N3O3. The zero-order valence-corrected chi connectivity index (χ0v) is 10.0. The topological polar surface area (TPSA) is 76.7 Å². The summed E-state index contributed by atoms with van der Waals surface area (Å²) < 4.78 is 6.91. The van der Waals surface area contributed by atoms with E-state index >= 15 is 0 Å². The fraction of sp³-hybridized carbons (Fsp3) is 0.417. The Balaban J connectivity index is 2.29. The van der Waals surface area contributed by atoms with Crippen molar-refractivity contribution in [3.63, 3.8) is 0 Å². The van der Waals surface area contributed by atoms with Gasteiger partial charge in [0.1, 0.15) is 0 Å². The second-order valence-corrected chi connectivity index (χ2v) is 4.25. The van der Waals surface area contributed by atoms with Crippen LogP contribution >= 0.6 is 0 Å². The minimum atomic E-state index is -0.965. The van der Waals surface area contributed by atoms with E-state index in [1.54, 1.807) is 4.40 Å². The predicted octanol–water partition coefficient (Wildman–Crippen LogP) is 1.06. The molecule has 1 aliphatic rings. The number of aryl methyl sites for hydroxylation is 1. The fourth-order valence-corrected chi connectivity index (χ4v) is 2.25. The zero-order chi connectivity index (χ0) is 12.7. The van der Waals surface area contributed by atoms with Gasteiger partial charge in [-0.1, -0.05) is 6.92 Å². The van der Waals surface area contributed by atoms with Crippen molar-refractivity contribution >= 4 is 11.7 Å². The van der Waals surface area contributed by atoms with E-state index in [0.29, 0.717) is 31.1 Å². The molecule has 2 aromatic heterocycles. The summed E-state index contributed by atoms with van der Waals surface area (Å²) in [7, 11) is 0. The lowest BCUT2D eigenvalue weighted by molar-refractivity contribution is 0.0688. The highest BCUT2D eigenvalue weighted by molar-refractivity contribution is 5.88. The van der Waals surface area contributed by atoms with Gasteiger partial charge in [-0.3, -0.25) is 4.40 Å². The van der Waals surface area contributed by atoms with Gasteiger partial charge in [0.25, 0.3) is 0 Å². The van der Waals surface area contributed by atoms with Crippen LogP contribution < -0.4 is 0 Å². The van der Waals surface area contributed by atoms with Gasteiger partial charge < -0.3 is 9.84 Å². The van der Waals surface area contributed by atoms with Crippen LogP contribution in [0.4, 0.5) is 0 Å². The number of ether oxygens (including phenoxy) is 1. The van der Waals surface area contributed by atoms with E-state index in [4.69, 9.17) is 4.74 Å². The van der Waals surface area contributed by atoms with Crippen molar-refractivity contribution in [3.05, 3.63) is 28.8 Å². The minimum Gasteiger partial charge on any atom is -0.477 e. The van der Waals surface area contributed by atoms with Crippen LogP contribution in [0.2, 0.25) is 0 Å². The minimum absolute atomic E-state index is 0.217. The van der Waals surface area contributed by atoms with Crippen molar-refractivity contribution in [2.75, 3.05) is 6.61 Å². The summed E-state index contributed by atoms with van der Waals surface area (Å²) in [5, 5.41) is 9.27. The summed E-state index contributed by atoms with van der Waals surface area (Å²) in [5.74, 6) is -0.526. The standard InChI is InChI=1S/C12H13N3O3/c1-2-8-10(11(16)17)15-5-7-3-4-18-6-9(7)14-12(15)13-8/h5H,2-4,6H2,1H3,(H,16,17). The van der Waals surface area contributed by atoms with E-state index in [0.717, 1.165) is 17.7 Å². The van der Waals surface area contributed by atoms with Crippen LogP contribution in [0.5, 0.6) is 0 Å². The van der Waals surface area contributed by atoms with Crippen molar-refractivity contribution in [1.82, 2.24) is 14.4 Å². The number of imidazole rings is 1. The number of aromatic nitrogens is 3. The van der Waals surface area contributed by atoms with E-state index in [-0.39, 0.29) is 5.69 Å². The van der Waals surface area contributed by atoms with Gasteiger partial charge in [-0.05, 0) is 18.4 Å². The largest absolute Gasteiger partial charge is 0.477 e. The third kappa shape index (κ3) is 1.57. The summed E-state index contributed by atoms with van der Waals surface area (Å²) in [5.41, 5.74) is 2.68. The maximum Gasteiger partial charge on any atom is 0.354 e. The molecule has 0 radical (unpaired) electrons. The number of fused-ring (bicyclic) bond motifs is 2. The van der Waals surface area contributed by atoms with Crippen molar-refractivity contribution in [2.45, 2.75) is 26.4 Å². The third-order valence-corrected chi connectivity index (χ3v) is 3.15. The number of rotatable bonds is 2. The summed E-state index contributed by atoms with van der Waals surface area (Å²) in [6, 6.07) is 0. The molecule has 0 saturated carbocycles. The average molecular weight is 247 g/mol. The molecule has 0 amide bonds. The highest BCUT2D eigenvalue weighted by Gasteiger charge is 2.21. The quantitative estimate of drug-likeness (QED) is 0.858. The number of hydrogen-bond acceptors (Lipinski definition) is 4. The van der Waals surface area contributed by atoms with Crippen LogP contribution in [-0.4, -0.2) is 32.1 Å². The second kappa shape index (κ2) is 4.06. The lowest BCUT2D eigenvalue weighted by Crippen LogP contribution is -2.14. The summed E-state index contributed by atoms with van der Waals surface area (Å²) in [4.78, 5) is 20.0.